The summed E-state index contributed by atoms with van der Waals surface area (Å²) in [5, 5.41) is 16.9. The van der Waals surface area contributed by atoms with E-state index in [0.29, 0.717) is 59.9 Å². The second-order valence-corrected chi connectivity index (χ2v) is 13.1. The van der Waals surface area contributed by atoms with E-state index in [9.17, 15) is 19.2 Å². The Balaban J connectivity index is 1.61. The molecule has 48 heavy (non-hydrogen) atoms. The van der Waals surface area contributed by atoms with Gasteiger partial charge in [-0.25, -0.2) is 9.67 Å². The van der Waals surface area contributed by atoms with E-state index in [0.717, 1.165) is 5.56 Å². The highest BCUT2D eigenvalue weighted by Crippen LogP contribution is 2.25. The average molecular weight is 701 g/mol. The number of hydrogen-bond donors (Lipinski definition) is 4. The molecule has 1 aliphatic rings. The van der Waals surface area contributed by atoms with Crippen LogP contribution in [0.15, 0.2) is 42.7 Å². The summed E-state index contributed by atoms with van der Waals surface area (Å²) < 4.78 is 1.50. The van der Waals surface area contributed by atoms with Crippen molar-refractivity contribution in [2.24, 2.45) is 5.92 Å². The van der Waals surface area contributed by atoms with Crippen LogP contribution in [0.25, 0.3) is 0 Å². The van der Waals surface area contributed by atoms with Gasteiger partial charge < -0.3 is 21.3 Å². The first-order valence-electron chi connectivity index (χ1n) is 16.0. The number of aryl methyl sites for hydroxylation is 1. The van der Waals surface area contributed by atoms with Crippen molar-refractivity contribution in [3.05, 3.63) is 75.5 Å². The van der Waals surface area contributed by atoms with Crippen LogP contribution >= 0.6 is 23.2 Å². The van der Waals surface area contributed by atoms with Crippen molar-refractivity contribution in [3.8, 4) is 0 Å². The molecule has 15 heteroatoms. The molecule has 4 rings (SSSR count). The first-order valence-corrected chi connectivity index (χ1v) is 16.8. The number of carbonyl (C=O) groups is 4. The monoisotopic (exact) mass is 699 g/mol. The van der Waals surface area contributed by atoms with Crippen molar-refractivity contribution in [3.63, 3.8) is 0 Å². The van der Waals surface area contributed by atoms with Crippen LogP contribution in [0.5, 0.6) is 0 Å². The van der Waals surface area contributed by atoms with E-state index in [-0.39, 0.29) is 37.1 Å². The highest BCUT2D eigenvalue weighted by Gasteiger charge is 2.31. The Bertz CT molecular complexity index is 1560. The van der Waals surface area contributed by atoms with Gasteiger partial charge in [-0.05, 0) is 38.3 Å². The average Bonchev–Trinajstić information content (AvgIpc) is 3.39. The largest absolute Gasteiger partial charge is 0.353 e. The van der Waals surface area contributed by atoms with Crippen LogP contribution in [0.4, 0.5) is 0 Å². The summed E-state index contributed by atoms with van der Waals surface area (Å²) in [7, 11) is 0. The second-order valence-electron chi connectivity index (χ2n) is 12.3. The minimum atomic E-state index is -0.952. The molecule has 3 heterocycles. The van der Waals surface area contributed by atoms with Gasteiger partial charge in [-0.15, -0.1) is 0 Å². The molecule has 0 aliphatic carbocycles. The smallest absolute Gasteiger partial charge is 0.243 e. The zero-order valence-electron chi connectivity index (χ0n) is 27.6. The summed E-state index contributed by atoms with van der Waals surface area (Å²) in [6.07, 6.45) is 3.88. The molecule has 0 radical (unpaired) electrons. The summed E-state index contributed by atoms with van der Waals surface area (Å²) >= 11 is 12.8. The standard InChI is InChI=1S/C33H43Cl2N9O4/c1-20(2)30-31-39-22(4)42-44(31)19-29(46)37-12-14-43(18-24-25(34)16-36-17-26(24)35)13-8-11-28(45)38-21(3)32(47)40-27(33(48)41-30)15-23-9-6-5-7-10-23/h5-7,9-10,16-17,20-21,27,30H,8,11-15,18-19H2,1-4H3,(H,37,46)(H,38,45)(H,40,47)(H,41,48)/t21-,27+,30-/m0/s1. The molecule has 3 aromatic rings. The summed E-state index contributed by atoms with van der Waals surface area (Å²) in [5.41, 5.74) is 1.54. The molecule has 0 unspecified atom stereocenters. The van der Waals surface area contributed by atoms with Gasteiger partial charge in [0.05, 0.1) is 16.1 Å². The molecule has 0 saturated heterocycles. The maximum Gasteiger partial charge on any atom is 0.243 e. The lowest BCUT2D eigenvalue weighted by Crippen LogP contribution is -2.54. The Morgan fingerprint density at radius 1 is 0.938 bits per heavy atom. The number of nitrogens with zero attached hydrogens (tertiary/aromatic N) is 5. The van der Waals surface area contributed by atoms with Crippen LogP contribution in [0.3, 0.4) is 0 Å². The minimum absolute atomic E-state index is 0.112. The molecule has 1 aromatic carbocycles. The van der Waals surface area contributed by atoms with Gasteiger partial charge >= 0.3 is 0 Å². The zero-order valence-corrected chi connectivity index (χ0v) is 29.1. The number of hydrogen-bond acceptors (Lipinski definition) is 8. The quantitative estimate of drug-likeness (QED) is 0.316. The fraction of sp³-hybridized carbons (Fsp3) is 0.485. The Morgan fingerprint density at radius 3 is 2.33 bits per heavy atom. The first kappa shape index (κ1) is 36.8. The fourth-order valence-electron chi connectivity index (χ4n) is 5.43. The Hall–Kier alpha value is -4.07. The molecule has 1 aliphatic heterocycles. The van der Waals surface area contributed by atoms with Gasteiger partial charge in [-0.3, -0.25) is 29.1 Å². The SMILES string of the molecule is Cc1nc2n(n1)CC(=O)NCCN(Cc1c(Cl)cncc1Cl)CCCC(=O)N[C@@H](C)C(=O)N[C@H](Cc1ccccc1)C(=O)N[C@H]2C(C)C. The van der Waals surface area contributed by atoms with Gasteiger partial charge in [0.2, 0.25) is 23.6 Å². The highest BCUT2D eigenvalue weighted by molar-refractivity contribution is 6.35. The van der Waals surface area contributed by atoms with E-state index in [2.05, 4.69) is 36.3 Å². The van der Waals surface area contributed by atoms with E-state index in [1.165, 1.54) is 17.1 Å². The molecular weight excluding hydrogens is 657 g/mol. The van der Waals surface area contributed by atoms with Crippen molar-refractivity contribution < 1.29 is 19.2 Å². The van der Waals surface area contributed by atoms with E-state index in [1.54, 1.807) is 13.8 Å². The summed E-state index contributed by atoms with van der Waals surface area (Å²) in [6.45, 7) is 8.66. The Kier molecular flexibility index (Phi) is 13.3. The number of halogens is 2. The molecule has 2 aromatic heterocycles. The first-order chi connectivity index (χ1) is 22.9. The van der Waals surface area contributed by atoms with Crippen molar-refractivity contribution in [1.29, 1.82) is 0 Å². The third-order valence-corrected chi connectivity index (χ3v) is 8.64. The van der Waals surface area contributed by atoms with Gasteiger partial charge in [0, 0.05) is 50.4 Å². The van der Waals surface area contributed by atoms with E-state index in [4.69, 9.17) is 23.2 Å². The van der Waals surface area contributed by atoms with Gasteiger partial charge in [0.25, 0.3) is 0 Å². The summed E-state index contributed by atoms with van der Waals surface area (Å²) in [4.78, 5) is 63.9. The molecule has 0 saturated carbocycles. The molecular formula is C33H43Cl2N9O4. The number of aromatic nitrogens is 4. The molecule has 0 spiro atoms. The number of rotatable bonds is 5. The molecule has 4 amide bonds. The number of nitrogens with one attached hydrogen (secondary N) is 4. The van der Waals surface area contributed by atoms with Crippen LogP contribution in [-0.2, 0) is 38.7 Å². The molecule has 0 bridgehead atoms. The minimum Gasteiger partial charge on any atom is -0.353 e. The Morgan fingerprint density at radius 2 is 1.65 bits per heavy atom. The number of amides is 4. The van der Waals surface area contributed by atoms with Crippen molar-refractivity contribution >= 4 is 46.8 Å². The van der Waals surface area contributed by atoms with Gasteiger partial charge in [-0.2, -0.15) is 5.10 Å². The van der Waals surface area contributed by atoms with Crippen LogP contribution in [0.2, 0.25) is 10.0 Å². The third-order valence-electron chi connectivity index (χ3n) is 7.99. The lowest BCUT2D eigenvalue weighted by Gasteiger charge is -2.27. The molecule has 0 fully saturated rings. The third kappa shape index (κ3) is 10.5. The van der Waals surface area contributed by atoms with Crippen molar-refractivity contribution in [1.82, 2.24) is 45.9 Å². The number of carbonyl (C=O) groups excluding carboxylic acids is 4. The van der Waals surface area contributed by atoms with Crippen LogP contribution in [0.1, 0.15) is 62.4 Å². The second kappa shape index (κ2) is 17.4. The predicted molar refractivity (Wildman–Crippen MR) is 182 cm³/mol. The van der Waals surface area contributed by atoms with E-state index in [1.807, 2.05) is 49.1 Å². The van der Waals surface area contributed by atoms with Crippen LogP contribution in [-0.4, -0.2) is 80.0 Å². The lowest BCUT2D eigenvalue weighted by molar-refractivity contribution is -0.132. The van der Waals surface area contributed by atoms with Gasteiger partial charge in [0.15, 0.2) is 5.82 Å². The van der Waals surface area contributed by atoms with Crippen LogP contribution in [0, 0.1) is 12.8 Å². The Labute approximate surface area is 290 Å². The molecule has 3 atom stereocenters. The molecule has 4 N–H and O–H groups in total. The van der Waals surface area contributed by atoms with Crippen molar-refractivity contribution in [2.75, 3.05) is 19.6 Å². The van der Waals surface area contributed by atoms with Gasteiger partial charge in [-0.1, -0.05) is 67.4 Å². The van der Waals surface area contributed by atoms with Crippen molar-refractivity contribution in [2.45, 2.75) is 78.2 Å². The molecule has 13 nitrogen and oxygen atoms in total. The zero-order chi connectivity index (χ0) is 34.8. The lowest BCUT2D eigenvalue weighted by atomic mass is 10.0. The van der Waals surface area contributed by atoms with Gasteiger partial charge in [0.1, 0.15) is 24.5 Å². The fourth-order valence-corrected chi connectivity index (χ4v) is 5.91. The topological polar surface area (TPSA) is 163 Å². The normalized spacial score (nSPS) is 21.1. The summed E-state index contributed by atoms with van der Waals surface area (Å²) in [6, 6.07) is 6.89. The number of fused-ring (bicyclic) bond motifs is 1. The molecule has 258 valence electrons. The number of benzene rings is 1. The number of pyridine rings is 1. The summed E-state index contributed by atoms with van der Waals surface area (Å²) in [5.74, 6) is -0.768. The maximum absolute atomic E-state index is 13.8. The van der Waals surface area contributed by atoms with E-state index < -0.39 is 29.9 Å². The maximum atomic E-state index is 13.8. The predicted octanol–water partition coefficient (Wildman–Crippen LogP) is 2.75. The van der Waals surface area contributed by atoms with E-state index >= 15 is 0 Å². The highest BCUT2D eigenvalue weighted by atomic mass is 35.5. The van der Waals surface area contributed by atoms with Crippen LogP contribution < -0.4 is 21.3 Å².